The number of hydrogen-bond donors (Lipinski definition) is 12. The lowest BCUT2D eigenvalue weighted by atomic mass is 9.96. The van der Waals surface area contributed by atoms with Gasteiger partial charge in [-0.15, -0.1) is 0 Å². The maximum atomic E-state index is 13.5. The molecule has 0 spiro atoms. The molecule has 17 unspecified atom stereocenters. The van der Waals surface area contributed by atoms with Crippen molar-refractivity contribution in [3.8, 4) is 0 Å². The van der Waals surface area contributed by atoms with Gasteiger partial charge in [0, 0.05) is 6.42 Å². The summed E-state index contributed by atoms with van der Waals surface area (Å²) < 4.78 is 34.4. The van der Waals surface area contributed by atoms with Crippen LogP contribution in [0.4, 0.5) is 0 Å². The smallest absolute Gasteiger partial charge is 0.220 e. The summed E-state index contributed by atoms with van der Waals surface area (Å²) in [4.78, 5) is 13.5. The molecule has 604 valence electrons. The minimum Gasteiger partial charge on any atom is -0.394 e. The molecular weight excluding hydrogens is 1330 g/mol. The van der Waals surface area contributed by atoms with Crippen molar-refractivity contribution in [3.05, 3.63) is 122 Å². The highest BCUT2D eigenvalue weighted by molar-refractivity contribution is 5.76. The fourth-order valence-corrected chi connectivity index (χ4v) is 13.1. The predicted octanol–water partition coefficient (Wildman–Crippen LogP) is 14.3. The number of rotatable bonds is 64. The number of nitrogens with one attached hydrogen (secondary N) is 1. The molecule has 105 heavy (non-hydrogen) atoms. The number of aliphatic hydroxyl groups is 11. The molecule has 0 aliphatic carbocycles. The topological polar surface area (TPSA) is 307 Å². The minimum atomic E-state index is -1.99. The molecule has 0 aromatic heterocycles. The third-order valence-electron chi connectivity index (χ3n) is 19.7. The quantitative estimate of drug-likeness (QED) is 0.0199. The second kappa shape index (κ2) is 65.0. The normalized spacial score (nSPS) is 26.4. The van der Waals surface area contributed by atoms with Gasteiger partial charge < -0.3 is 89.9 Å². The predicted molar refractivity (Wildman–Crippen MR) is 420 cm³/mol. The van der Waals surface area contributed by atoms with Gasteiger partial charge in [-0.05, 0) is 103 Å². The summed E-state index contributed by atoms with van der Waals surface area (Å²) in [7, 11) is 0. The standard InChI is InChI=1S/C86H147NO18/c1-3-5-7-9-11-13-15-17-19-21-23-25-27-29-31-32-33-34-35-36-38-39-41-43-45-47-49-51-53-55-57-59-61-63-70(91)69(87-74(92)64-62-60-58-56-54-52-50-48-46-44-42-40-37-30-28-26-24-22-20-18-16-14-12-10-8-6-4-2)68-100-84-80(98)77(95)82(72(66-89)102-84)105-86-81(99)78(96)83(73(67-90)103-86)104-85-79(97)76(94)75(93)71(65-88)101-85/h6,8,12,14,18,20,24,26,30,37,42,44-45,47-48,50,53,55,61,63,69-73,75-86,88-91,93-99H,3-5,7,9-11,13,15-17,19,21-23,25,27-29,31-36,38-41,43,46,49,51-52,54,56-60,62,64-68H2,1-2H3,(H,87,92)/b8-6-,14-12-,20-18-,26-24-,37-30-,44-42-,47-45+,50-48-,55-53+,63-61+. The largest absolute Gasteiger partial charge is 0.394 e. The fourth-order valence-electron chi connectivity index (χ4n) is 13.1. The van der Waals surface area contributed by atoms with Gasteiger partial charge in [-0.2, -0.15) is 0 Å². The lowest BCUT2D eigenvalue weighted by Crippen LogP contribution is -2.66. The number of amides is 1. The summed E-state index contributed by atoms with van der Waals surface area (Å²) >= 11 is 0. The first-order chi connectivity index (χ1) is 51.3. The molecule has 0 aromatic carbocycles. The zero-order valence-electron chi connectivity index (χ0n) is 64.7. The highest BCUT2D eigenvalue weighted by Crippen LogP contribution is 2.33. The molecular formula is C86H147NO18. The van der Waals surface area contributed by atoms with E-state index in [4.69, 9.17) is 28.4 Å². The SMILES string of the molecule is CC/C=C\C/C=C\C/C=C\C/C=C\C/C=C\C/C=C\C/C=C\CCCCCCCC(=O)NC(COC1OC(CO)C(OC2OC(CO)C(OC3OC(CO)C(O)C(O)C3O)C(O)C2O)C(O)C1O)C(O)/C=C/CC/C=C/CC/C=C/CCCCCCCCCCCCCCCCCCCCCCCCC. The monoisotopic (exact) mass is 1480 g/mol. The maximum Gasteiger partial charge on any atom is 0.220 e. The van der Waals surface area contributed by atoms with Gasteiger partial charge >= 0.3 is 0 Å². The van der Waals surface area contributed by atoms with Crippen molar-refractivity contribution in [3.63, 3.8) is 0 Å². The Kier molecular flexibility index (Phi) is 59.0. The van der Waals surface area contributed by atoms with Crippen LogP contribution in [-0.4, -0.2) is 193 Å². The van der Waals surface area contributed by atoms with Crippen molar-refractivity contribution in [2.45, 2.75) is 388 Å². The van der Waals surface area contributed by atoms with Crippen molar-refractivity contribution in [2.75, 3.05) is 26.4 Å². The minimum absolute atomic E-state index is 0.201. The zero-order chi connectivity index (χ0) is 76.0. The Bertz CT molecular complexity index is 2370. The van der Waals surface area contributed by atoms with Crippen LogP contribution in [0.25, 0.3) is 0 Å². The van der Waals surface area contributed by atoms with Gasteiger partial charge in [0.2, 0.25) is 5.91 Å². The molecule has 17 atom stereocenters. The molecule has 19 heteroatoms. The molecule has 0 aromatic rings. The van der Waals surface area contributed by atoms with E-state index >= 15 is 0 Å². The van der Waals surface area contributed by atoms with Crippen LogP contribution in [0.5, 0.6) is 0 Å². The summed E-state index contributed by atoms with van der Waals surface area (Å²) in [5.74, 6) is -0.311. The summed E-state index contributed by atoms with van der Waals surface area (Å²) in [5, 5.41) is 121. The lowest BCUT2D eigenvalue weighted by Gasteiger charge is -2.48. The van der Waals surface area contributed by atoms with Crippen LogP contribution in [0.1, 0.15) is 284 Å². The second-order valence-electron chi connectivity index (χ2n) is 28.8. The van der Waals surface area contributed by atoms with Crippen LogP contribution in [-0.2, 0) is 33.2 Å². The van der Waals surface area contributed by atoms with E-state index in [1.165, 1.54) is 148 Å². The Morgan fingerprint density at radius 2 is 0.667 bits per heavy atom. The van der Waals surface area contributed by atoms with Crippen LogP contribution < -0.4 is 5.32 Å². The van der Waals surface area contributed by atoms with Gasteiger partial charge in [-0.1, -0.05) is 296 Å². The zero-order valence-corrected chi connectivity index (χ0v) is 64.7. The van der Waals surface area contributed by atoms with E-state index in [1.54, 1.807) is 6.08 Å². The van der Waals surface area contributed by atoms with Gasteiger partial charge in [-0.25, -0.2) is 0 Å². The summed E-state index contributed by atoms with van der Waals surface area (Å²) in [6, 6.07) is -1.02. The van der Waals surface area contributed by atoms with Gasteiger partial charge in [0.1, 0.15) is 73.2 Å². The van der Waals surface area contributed by atoms with E-state index in [2.05, 4.69) is 129 Å². The molecule has 12 N–H and O–H groups in total. The lowest BCUT2D eigenvalue weighted by molar-refractivity contribution is -0.379. The molecule has 0 saturated carbocycles. The first-order valence-corrected chi connectivity index (χ1v) is 41.3. The highest BCUT2D eigenvalue weighted by Gasteiger charge is 2.54. The average Bonchev–Trinajstić information content (AvgIpc) is 0.781. The number of hydrogen-bond acceptors (Lipinski definition) is 18. The van der Waals surface area contributed by atoms with Crippen molar-refractivity contribution >= 4 is 5.91 Å². The van der Waals surface area contributed by atoms with Crippen molar-refractivity contribution in [1.82, 2.24) is 5.32 Å². The van der Waals surface area contributed by atoms with E-state index < -0.39 is 124 Å². The Morgan fingerprint density at radius 1 is 0.352 bits per heavy atom. The molecule has 3 fully saturated rings. The number of unbranched alkanes of at least 4 members (excludes halogenated alkanes) is 30. The molecule has 3 aliphatic heterocycles. The van der Waals surface area contributed by atoms with Crippen molar-refractivity contribution in [1.29, 1.82) is 0 Å². The van der Waals surface area contributed by atoms with Gasteiger partial charge in [-0.3, -0.25) is 4.79 Å². The molecule has 3 saturated heterocycles. The Labute approximate surface area is 633 Å². The molecule has 3 aliphatic rings. The van der Waals surface area contributed by atoms with Crippen molar-refractivity contribution in [2.24, 2.45) is 0 Å². The Hall–Kier alpha value is -3.81. The highest BCUT2D eigenvalue weighted by atomic mass is 16.8. The van der Waals surface area contributed by atoms with Crippen LogP contribution in [0, 0.1) is 0 Å². The number of allylic oxidation sites excluding steroid dienone is 19. The van der Waals surface area contributed by atoms with E-state index in [1.807, 2.05) is 6.08 Å². The molecule has 0 bridgehead atoms. The number of aliphatic hydroxyl groups excluding tert-OH is 11. The van der Waals surface area contributed by atoms with E-state index in [9.17, 15) is 61.0 Å². The molecule has 3 heterocycles. The second-order valence-corrected chi connectivity index (χ2v) is 28.8. The molecule has 0 radical (unpaired) electrons. The maximum absolute atomic E-state index is 13.5. The van der Waals surface area contributed by atoms with Crippen molar-refractivity contribution < 1.29 is 89.4 Å². The third kappa shape index (κ3) is 44.6. The number of ether oxygens (including phenoxy) is 6. The van der Waals surface area contributed by atoms with Crippen LogP contribution >= 0.6 is 0 Å². The molecule has 19 nitrogen and oxygen atoms in total. The fraction of sp³-hybridized carbons (Fsp3) is 0.756. The van der Waals surface area contributed by atoms with E-state index in [0.717, 1.165) is 103 Å². The first kappa shape index (κ1) is 95.4. The third-order valence-corrected chi connectivity index (χ3v) is 19.7. The first-order valence-electron chi connectivity index (χ1n) is 41.3. The average molecular weight is 1480 g/mol. The summed E-state index contributed by atoms with van der Waals surface area (Å²) in [6.07, 6.45) is 64.8. The Morgan fingerprint density at radius 3 is 1.07 bits per heavy atom. The summed E-state index contributed by atoms with van der Waals surface area (Å²) in [6.45, 7) is 1.59. The van der Waals surface area contributed by atoms with Gasteiger partial charge in [0.25, 0.3) is 0 Å². The van der Waals surface area contributed by atoms with E-state index in [0.29, 0.717) is 12.8 Å². The Balaban J connectivity index is 1.40. The van der Waals surface area contributed by atoms with Gasteiger partial charge in [0.05, 0.1) is 38.6 Å². The summed E-state index contributed by atoms with van der Waals surface area (Å²) in [5.41, 5.74) is 0. The number of carbonyl (C=O) groups is 1. The van der Waals surface area contributed by atoms with Crippen LogP contribution in [0.3, 0.4) is 0 Å². The van der Waals surface area contributed by atoms with E-state index in [-0.39, 0.29) is 18.9 Å². The molecule has 1 amide bonds. The van der Waals surface area contributed by atoms with Gasteiger partial charge in [0.15, 0.2) is 18.9 Å². The van der Waals surface area contributed by atoms with Crippen LogP contribution in [0.2, 0.25) is 0 Å². The number of carbonyl (C=O) groups excluding carboxylic acids is 1. The van der Waals surface area contributed by atoms with Crippen LogP contribution in [0.15, 0.2) is 122 Å². The molecule has 3 rings (SSSR count).